The van der Waals surface area contributed by atoms with Crippen LogP contribution in [-0.4, -0.2) is 58.1 Å². The summed E-state index contributed by atoms with van der Waals surface area (Å²) in [5, 5.41) is 0. The number of imidazole rings is 2. The van der Waals surface area contributed by atoms with Gasteiger partial charge in [-0.2, -0.15) is 0 Å². The summed E-state index contributed by atoms with van der Waals surface area (Å²) in [6.45, 7) is 4.27. The number of likely N-dealkylation sites (N-methyl/N-ethyl adjacent to an activating group) is 1. The highest BCUT2D eigenvalue weighted by Gasteiger charge is 2.16. The Labute approximate surface area is 185 Å². The smallest absolute Gasteiger partial charge is 0.138 e. The first kappa shape index (κ1) is 18.9. The number of aromatic nitrogens is 4. The molecule has 1 fully saturated rings. The van der Waals surface area contributed by atoms with Crippen LogP contribution in [0.5, 0.6) is 0 Å². The van der Waals surface area contributed by atoms with Crippen LogP contribution in [0.15, 0.2) is 60.7 Å². The maximum absolute atomic E-state index is 5.93. The molecule has 0 aliphatic carbocycles. The Morgan fingerprint density at radius 2 is 1.41 bits per heavy atom. The van der Waals surface area contributed by atoms with Crippen LogP contribution >= 0.6 is 0 Å². The Morgan fingerprint density at radius 1 is 0.750 bits per heavy atom. The Bertz CT molecular complexity index is 1420. The number of H-pyrrole nitrogens is 2. The second-order valence-electron chi connectivity index (χ2n) is 8.52. The number of piperazine rings is 1. The number of aromatic amines is 2. The van der Waals surface area contributed by atoms with E-state index in [-0.39, 0.29) is 0 Å². The quantitative estimate of drug-likeness (QED) is 0.380. The zero-order valence-corrected chi connectivity index (χ0v) is 18.0. The average Bonchev–Trinajstić information content (AvgIpc) is 3.43. The summed E-state index contributed by atoms with van der Waals surface area (Å²) in [7, 11) is 2.18. The van der Waals surface area contributed by atoms with Crippen LogP contribution < -0.4 is 10.6 Å². The first-order chi connectivity index (χ1) is 15.6. The molecule has 7 nitrogen and oxygen atoms in total. The van der Waals surface area contributed by atoms with Gasteiger partial charge < -0.3 is 25.5 Å². The predicted octanol–water partition coefficient (Wildman–Crippen LogP) is 4.11. The summed E-state index contributed by atoms with van der Waals surface area (Å²) in [6, 6.07) is 20.4. The first-order valence-electron chi connectivity index (χ1n) is 10.9. The van der Waals surface area contributed by atoms with Crippen molar-refractivity contribution in [3.05, 3.63) is 60.7 Å². The highest BCUT2D eigenvalue weighted by atomic mass is 15.2. The van der Waals surface area contributed by atoms with E-state index in [9.17, 15) is 0 Å². The van der Waals surface area contributed by atoms with Crippen molar-refractivity contribution in [1.29, 1.82) is 0 Å². The molecule has 7 heteroatoms. The third-order valence-corrected chi connectivity index (χ3v) is 6.25. The van der Waals surface area contributed by atoms with Crippen molar-refractivity contribution in [2.24, 2.45) is 0 Å². The van der Waals surface area contributed by atoms with Gasteiger partial charge in [-0.15, -0.1) is 0 Å². The van der Waals surface area contributed by atoms with E-state index in [0.717, 1.165) is 76.7 Å². The Balaban J connectivity index is 1.33. The Kier molecular flexibility index (Phi) is 4.36. The molecular formula is C25H25N7. The highest BCUT2D eigenvalue weighted by Crippen LogP contribution is 2.28. The van der Waals surface area contributed by atoms with E-state index in [2.05, 4.69) is 63.2 Å². The number of nitrogen functional groups attached to an aromatic ring is 1. The second kappa shape index (κ2) is 7.39. The van der Waals surface area contributed by atoms with Crippen LogP contribution in [0.4, 0.5) is 11.4 Å². The van der Waals surface area contributed by atoms with E-state index >= 15 is 0 Å². The lowest BCUT2D eigenvalue weighted by molar-refractivity contribution is 0.313. The lowest BCUT2D eigenvalue weighted by atomic mass is 10.2. The summed E-state index contributed by atoms with van der Waals surface area (Å²) in [5.74, 6) is 1.66. The van der Waals surface area contributed by atoms with E-state index in [1.165, 1.54) is 5.69 Å². The Hall–Kier alpha value is -3.84. The molecule has 0 spiro atoms. The number of anilines is 2. The molecule has 1 saturated heterocycles. The SMILES string of the molecule is CN1CCN(c2ccc3[nH]c(-c4ccc5[nH]c(-c6cccc(N)c6)nc5c4)nc3c2)CC1. The zero-order chi connectivity index (χ0) is 21.7. The minimum absolute atomic E-state index is 0.724. The van der Waals surface area contributed by atoms with Gasteiger partial charge in [-0.1, -0.05) is 12.1 Å². The predicted molar refractivity (Wildman–Crippen MR) is 131 cm³/mol. The van der Waals surface area contributed by atoms with Crippen LogP contribution in [0.25, 0.3) is 44.8 Å². The molecule has 0 radical (unpaired) electrons. The number of nitrogens with two attached hydrogens (primary N) is 1. The van der Waals surface area contributed by atoms with Gasteiger partial charge in [0.15, 0.2) is 0 Å². The molecule has 6 rings (SSSR count). The molecule has 0 atom stereocenters. The fourth-order valence-electron chi connectivity index (χ4n) is 4.37. The van der Waals surface area contributed by atoms with Gasteiger partial charge in [-0.25, -0.2) is 9.97 Å². The van der Waals surface area contributed by atoms with Gasteiger partial charge >= 0.3 is 0 Å². The molecule has 4 N–H and O–H groups in total. The van der Waals surface area contributed by atoms with Gasteiger partial charge in [-0.05, 0) is 55.6 Å². The highest BCUT2D eigenvalue weighted by molar-refractivity contribution is 5.87. The number of rotatable bonds is 3. The second-order valence-corrected chi connectivity index (χ2v) is 8.52. The topological polar surface area (TPSA) is 89.9 Å². The van der Waals surface area contributed by atoms with Crippen LogP contribution in [-0.2, 0) is 0 Å². The minimum atomic E-state index is 0.724. The largest absolute Gasteiger partial charge is 0.399 e. The van der Waals surface area contributed by atoms with Crippen LogP contribution in [0.1, 0.15) is 0 Å². The molecule has 0 unspecified atom stereocenters. The Morgan fingerprint density at radius 3 is 2.12 bits per heavy atom. The molecule has 160 valence electrons. The van der Waals surface area contributed by atoms with Gasteiger partial charge in [0.2, 0.25) is 0 Å². The number of benzene rings is 3. The number of nitrogens with one attached hydrogen (secondary N) is 2. The monoisotopic (exact) mass is 423 g/mol. The van der Waals surface area contributed by atoms with Crippen LogP contribution in [0, 0.1) is 0 Å². The molecular weight excluding hydrogens is 398 g/mol. The van der Waals surface area contributed by atoms with Gasteiger partial charge in [0.25, 0.3) is 0 Å². The van der Waals surface area contributed by atoms with Crippen molar-refractivity contribution in [3.8, 4) is 22.8 Å². The maximum atomic E-state index is 5.93. The molecule has 0 bridgehead atoms. The summed E-state index contributed by atoms with van der Waals surface area (Å²) in [6.07, 6.45) is 0. The number of nitrogens with zero attached hydrogens (tertiary/aromatic N) is 4. The van der Waals surface area contributed by atoms with E-state index in [1.54, 1.807) is 0 Å². The van der Waals surface area contributed by atoms with Gasteiger partial charge in [0.05, 0.1) is 22.1 Å². The lowest BCUT2D eigenvalue weighted by Gasteiger charge is -2.34. The molecule has 32 heavy (non-hydrogen) atoms. The third-order valence-electron chi connectivity index (χ3n) is 6.25. The van der Waals surface area contributed by atoms with E-state index in [0.29, 0.717) is 0 Å². The standard InChI is InChI=1S/C25H25N7/c1-31-9-11-32(12-10-31)19-6-8-21-23(15-19)30-25(28-21)17-5-7-20-22(14-17)29-24(27-20)16-3-2-4-18(26)13-16/h2-8,13-15H,9-12,26H2,1H3,(H,27,29)(H,28,30). The molecule has 3 heterocycles. The first-order valence-corrected chi connectivity index (χ1v) is 10.9. The molecule has 1 aliphatic heterocycles. The van der Waals surface area contributed by atoms with Crippen molar-refractivity contribution in [2.45, 2.75) is 0 Å². The van der Waals surface area contributed by atoms with Crippen molar-refractivity contribution in [2.75, 3.05) is 43.9 Å². The normalized spacial score (nSPS) is 15.1. The number of fused-ring (bicyclic) bond motifs is 2. The van der Waals surface area contributed by atoms with Gasteiger partial charge in [0.1, 0.15) is 11.6 Å². The van der Waals surface area contributed by atoms with Gasteiger partial charge in [-0.3, -0.25) is 0 Å². The maximum Gasteiger partial charge on any atom is 0.138 e. The molecule has 0 amide bonds. The summed E-state index contributed by atoms with van der Waals surface area (Å²) in [4.78, 5) is 21.3. The fraction of sp³-hybridized carbons (Fsp3) is 0.200. The van der Waals surface area contributed by atoms with Crippen LogP contribution in [0.3, 0.4) is 0 Å². The third kappa shape index (κ3) is 3.36. The minimum Gasteiger partial charge on any atom is -0.399 e. The summed E-state index contributed by atoms with van der Waals surface area (Å²) >= 11 is 0. The van der Waals surface area contributed by atoms with Gasteiger partial charge in [0, 0.05) is 48.7 Å². The van der Waals surface area contributed by atoms with Crippen molar-refractivity contribution >= 4 is 33.4 Å². The van der Waals surface area contributed by atoms with E-state index in [4.69, 9.17) is 15.7 Å². The molecule has 1 aliphatic rings. The van der Waals surface area contributed by atoms with Crippen molar-refractivity contribution in [1.82, 2.24) is 24.8 Å². The average molecular weight is 424 g/mol. The van der Waals surface area contributed by atoms with E-state index in [1.807, 2.05) is 24.3 Å². The lowest BCUT2D eigenvalue weighted by Crippen LogP contribution is -2.44. The summed E-state index contributed by atoms with van der Waals surface area (Å²) in [5.41, 5.74) is 13.8. The molecule has 2 aromatic heterocycles. The number of hydrogen-bond donors (Lipinski definition) is 3. The number of hydrogen-bond acceptors (Lipinski definition) is 5. The molecule has 3 aromatic carbocycles. The van der Waals surface area contributed by atoms with E-state index < -0.39 is 0 Å². The molecule has 5 aromatic rings. The van der Waals surface area contributed by atoms with Crippen molar-refractivity contribution < 1.29 is 0 Å². The summed E-state index contributed by atoms with van der Waals surface area (Å²) < 4.78 is 0. The fourth-order valence-corrected chi connectivity index (χ4v) is 4.37. The van der Waals surface area contributed by atoms with Crippen LogP contribution in [0.2, 0.25) is 0 Å². The van der Waals surface area contributed by atoms with Crippen molar-refractivity contribution in [3.63, 3.8) is 0 Å². The zero-order valence-electron chi connectivity index (χ0n) is 18.0. The molecule has 0 saturated carbocycles.